The topological polar surface area (TPSA) is 70.1 Å². The molecular formula is C18H31N5O2S. The van der Waals surface area contributed by atoms with E-state index in [1.807, 2.05) is 6.92 Å². The van der Waals surface area contributed by atoms with Crippen molar-refractivity contribution in [3.8, 4) is 0 Å². The number of carbonyl (C=O) groups is 1. The van der Waals surface area contributed by atoms with Crippen LogP contribution in [-0.2, 0) is 16.7 Å². The van der Waals surface area contributed by atoms with Gasteiger partial charge in [0.1, 0.15) is 0 Å². The van der Waals surface area contributed by atoms with Gasteiger partial charge in [-0.3, -0.25) is 0 Å². The van der Waals surface area contributed by atoms with Crippen molar-refractivity contribution in [2.45, 2.75) is 46.6 Å². The lowest BCUT2D eigenvalue weighted by molar-refractivity contribution is 0.0914. The standard InChI is InChI=1S/C18H31N5O2S/c1-6-19-16(20-12-14-13-26-15(21-14)18(3,4)5)22-8-10-23(11-9-22)17(24)25-7-2/h13H,6-12H2,1-5H3,(H,19,20). The molecule has 0 radical (unpaired) electrons. The summed E-state index contributed by atoms with van der Waals surface area (Å²) in [5, 5.41) is 6.57. The fourth-order valence-corrected chi connectivity index (χ4v) is 3.52. The number of nitrogens with zero attached hydrogens (tertiary/aromatic N) is 4. The van der Waals surface area contributed by atoms with Crippen molar-refractivity contribution in [2.24, 2.45) is 4.99 Å². The maximum atomic E-state index is 11.8. The van der Waals surface area contributed by atoms with Gasteiger partial charge in [-0.25, -0.2) is 14.8 Å². The summed E-state index contributed by atoms with van der Waals surface area (Å²) in [5.74, 6) is 0.876. The van der Waals surface area contributed by atoms with Gasteiger partial charge in [0, 0.05) is 43.5 Å². The number of nitrogens with one attached hydrogen (secondary N) is 1. The SMILES string of the molecule is CCNC(=NCc1csc(C(C)(C)C)n1)N1CCN(C(=O)OCC)CC1. The van der Waals surface area contributed by atoms with E-state index in [-0.39, 0.29) is 11.5 Å². The molecule has 1 fully saturated rings. The van der Waals surface area contributed by atoms with Gasteiger partial charge in [0.2, 0.25) is 0 Å². The lowest BCUT2D eigenvalue weighted by atomic mass is 9.98. The largest absolute Gasteiger partial charge is 0.450 e. The van der Waals surface area contributed by atoms with E-state index in [2.05, 4.69) is 43.3 Å². The molecule has 0 aromatic carbocycles. The molecule has 7 nitrogen and oxygen atoms in total. The molecule has 0 bridgehead atoms. The number of hydrogen-bond acceptors (Lipinski definition) is 5. The van der Waals surface area contributed by atoms with Crippen LogP contribution < -0.4 is 5.32 Å². The summed E-state index contributed by atoms with van der Waals surface area (Å²) in [6, 6.07) is 0. The smallest absolute Gasteiger partial charge is 0.409 e. The molecule has 2 heterocycles. The van der Waals surface area contributed by atoms with Gasteiger partial charge in [-0.1, -0.05) is 20.8 Å². The van der Waals surface area contributed by atoms with Crippen LogP contribution >= 0.6 is 11.3 Å². The Balaban J connectivity index is 1.97. The van der Waals surface area contributed by atoms with Crippen LogP contribution in [0.5, 0.6) is 0 Å². The molecule has 0 spiro atoms. The average Bonchev–Trinajstić information content (AvgIpc) is 3.08. The molecule has 0 atom stereocenters. The Hall–Kier alpha value is -1.83. The summed E-state index contributed by atoms with van der Waals surface area (Å²) in [5.41, 5.74) is 1.07. The Bertz CT molecular complexity index is 615. The summed E-state index contributed by atoms with van der Waals surface area (Å²) in [6.45, 7) is 15.0. The van der Waals surface area contributed by atoms with Crippen LogP contribution in [0.2, 0.25) is 0 Å². The van der Waals surface area contributed by atoms with E-state index < -0.39 is 0 Å². The molecule has 1 aromatic rings. The second-order valence-electron chi connectivity index (χ2n) is 7.24. The van der Waals surface area contributed by atoms with Crippen LogP contribution in [0.25, 0.3) is 0 Å². The average molecular weight is 382 g/mol. The second-order valence-corrected chi connectivity index (χ2v) is 8.10. The van der Waals surface area contributed by atoms with E-state index in [9.17, 15) is 4.79 Å². The highest BCUT2D eigenvalue weighted by Crippen LogP contribution is 2.25. The normalized spacial score (nSPS) is 16.0. The third-order valence-electron chi connectivity index (χ3n) is 4.02. The highest BCUT2D eigenvalue weighted by Gasteiger charge is 2.24. The third-order valence-corrected chi connectivity index (χ3v) is 5.34. The van der Waals surface area contributed by atoms with Crippen LogP contribution in [0.1, 0.15) is 45.3 Å². The van der Waals surface area contributed by atoms with Gasteiger partial charge in [-0.2, -0.15) is 0 Å². The fraction of sp³-hybridized carbons (Fsp3) is 0.722. The number of carbonyl (C=O) groups excluding carboxylic acids is 1. The van der Waals surface area contributed by atoms with Crippen LogP contribution in [0, 0.1) is 0 Å². The third kappa shape index (κ3) is 5.59. The van der Waals surface area contributed by atoms with Crippen molar-refractivity contribution in [3.63, 3.8) is 0 Å². The highest BCUT2D eigenvalue weighted by molar-refractivity contribution is 7.09. The molecule has 1 aromatic heterocycles. The first-order chi connectivity index (χ1) is 12.3. The van der Waals surface area contributed by atoms with Gasteiger partial charge in [0.05, 0.1) is 23.9 Å². The maximum absolute atomic E-state index is 11.8. The zero-order valence-corrected chi connectivity index (χ0v) is 17.4. The van der Waals surface area contributed by atoms with Gasteiger partial charge < -0.3 is 19.9 Å². The molecule has 1 aliphatic heterocycles. The van der Waals surface area contributed by atoms with Crippen LogP contribution in [0.15, 0.2) is 10.4 Å². The van der Waals surface area contributed by atoms with E-state index in [0.29, 0.717) is 26.2 Å². The van der Waals surface area contributed by atoms with E-state index in [4.69, 9.17) is 14.7 Å². The molecule has 8 heteroatoms. The van der Waals surface area contributed by atoms with Crippen molar-refractivity contribution >= 4 is 23.4 Å². The van der Waals surface area contributed by atoms with Crippen molar-refractivity contribution < 1.29 is 9.53 Å². The summed E-state index contributed by atoms with van der Waals surface area (Å²) in [6.07, 6.45) is -0.230. The number of ether oxygens (including phenoxy) is 1. The molecule has 1 N–H and O–H groups in total. The molecule has 0 aliphatic carbocycles. The van der Waals surface area contributed by atoms with Gasteiger partial charge >= 0.3 is 6.09 Å². The molecule has 1 aliphatic rings. The Kier molecular flexibility index (Phi) is 7.25. The number of aliphatic imine (C=N–C) groups is 1. The first-order valence-corrected chi connectivity index (χ1v) is 10.1. The molecule has 2 rings (SSSR count). The minimum Gasteiger partial charge on any atom is -0.450 e. The zero-order chi connectivity index (χ0) is 19.2. The first-order valence-electron chi connectivity index (χ1n) is 9.25. The number of piperazine rings is 1. The highest BCUT2D eigenvalue weighted by atomic mass is 32.1. The predicted octanol–water partition coefficient (Wildman–Crippen LogP) is 2.68. The minimum absolute atomic E-state index is 0.0700. The van der Waals surface area contributed by atoms with Crippen molar-refractivity contribution in [1.29, 1.82) is 0 Å². The van der Waals surface area contributed by atoms with E-state index in [1.54, 1.807) is 16.2 Å². The second kappa shape index (κ2) is 9.21. The van der Waals surface area contributed by atoms with Gasteiger partial charge in [0.15, 0.2) is 5.96 Å². The summed E-state index contributed by atoms with van der Waals surface area (Å²) in [4.78, 5) is 25.2. The first kappa shape index (κ1) is 20.5. The number of thiazole rings is 1. The minimum atomic E-state index is -0.230. The van der Waals surface area contributed by atoms with Crippen molar-refractivity contribution in [3.05, 3.63) is 16.1 Å². The van der Waals surface area contributed by atoms with Crippen molar-refractivity contribution in [2.75, 3.05) is 39.3 Å². The molecule has 26 heavy (non-hydrogen) atoms. The quantitative estimate of drug-likeness (QED) is 0.641. The molecule has 1 amide bonds. The van der Waals surface area contributed by atoms with E-state index in [1.165, 1.54) is 0 Å². The van der Waals surface area contributed by atoms with Crippen LogP contribution in [0.4, 0.5) is 4.79 Å². The summed E-state index contributed by atoms with van der Waals surface area (Å²) in [7, 11) is 0. The lowest BCUT2D eigenvalue weighted by Gasteiger charge is -2.35. The van der Waals surface area contributed by atoms with Crippen molar-refractivity contribution in [1.82, 2.24) is 20.1 Å². The lowest BCUT2D eigenvalue weighted by Crippen LogP contribution is -2.53. The Labute approximate surface area is 160 Å². The van der Waals surface area contributed by atoms with Crippen LogP contribution in [0.3, 0.4) is 0 Å². The Morgan fingerprint density at radius 1 is 1.27 bits per heavy atom. The molecule has 1 saturated heterocycles. The zero-order valence-electron chi connectivity index (χ0n) is 16.5. The molecule has 0 unspecified atom stereocenters. The number of hydrogen-bond donors (Lipinski definition) is 1. The number of rotatable bonds is 4. The molecule has 146 valence electrons. The number of guanidine groups is 1. The Morgan fingerprint density at radius 3 is 2.46 bits per heavy atom. The number of aromatic nitrogens is 1. The predicted molar refractivity (Wildman–Crippen MR) is 106 cm³/mol. The van der Waals surface area contributed by atoms with Gasteiger partial charge in [-0.15, -0.1) is 11.3 Å². The molecule has 0 saturated carbocycles. The fourth-order valence-electron chi connectivity index (χ4n) is 2.62. The summed E-state index contributed by atoms with van der Waals surface area (Å²) < 4.78 is 5.08. The molecular weight excluding hydrogens is 350 g/mol. The van der Waals surface area contributed by atoms with E-state index >= 15 is 0 Å². The summed E-state index contributed by atoms with van der Waals surface area (Å²) >= 11 is 1.69. The number of amides is 1. The van der Waals surface area contributed by atoms with E-state index in [0.717, 1.165) is 36.3 Å². The maximum Gasteiger partial charge on any atom is 0.409 e. The van der Waals surface area contributed by atoms with Crippen LogP contribution in [-0.4, -0.2) is 66.2 Å². The monoisotopic (exact) mass is 381 g/mol. The Morgan fingerprint density at radius 2 is 1.92 bits per heavy atom. The van der Waals surface area contributed by atoms with Gasteiger partial charge in [-0.05, 0) is 13.8 Å². The van der Waals surface area contributed by atoms with Gasteiger partial charge in [0.25, 0.3) is 0 Å².